The van der Waals surface area contributed by atoms with E-state index in [0.717, 1.165) is 11.1 Å². The maximum atomic E-state index is 12.2. The van der Waals surface area contributed by atoms with Gasteiger partial charge in [0.15, 0.2) is 0 Å². The van der Waals surface area contributed by atoms with Gasteiger partial charge in [0, 0.05) is 11.6 Å². The molecule has 134 valence electrons. The number of carbonyl (C=O) groups excluding carboxylic acids is 1. The van der Waals surface area contributed by atoms with Crippen molar-refractivity contribution in [1.29, 1.82) is 0 Å². The van der Waals surface area contributed by atoms with Crippen molar-refractivity contribution < 1.29 is 9.90 Å². The highest BCUT2D eigenvalue weighted by atomic mass is 35.5. The number of rotatable bonds is 6. The molecule has 3 rings (SSSR count). The van der Waals surface area contributed by atoms with Crippen LogP contribution in [0.15, 0.2) is 54.9 Å². The number of aliphatic hydroxyl groups is 1. The molecule has 2 aromatic carbocycles. The number of carbonyl (C=O) groups is 1. The van der Waals surface area contributed by atoms with Crippen molar-refractivity contribution in [2.45, 2.75) is 26.1 Å². The molecule has 1 atom stereocenters. The van der Waals surface area contributed by atoms with Crippen LogP contribution in [0.3, 0.4) is 0 Å². The van der Waals surface area contributed by atoms with E-state index in [1.165, 1.54) is 16.6 Å². The molecule has 0 aliphatic rings. The largest absolute Gasteiger partial charge is 0.386 e. The number of nitrogens with one attached hydrogen (secondary N) is 1. The predicted molar refractivity (Wildman–Crippen MR) is 98.8 cm³/mol. The van der Waals surface area contributed by atoms with Crippen molar-refractivity contribution in [1.82, 2.24) is 20.1 Å². The summed E-state index contributed by atoms with van der Waals surface area (Å²) < 4.78 is 1.44. The maximum absolute atomic E-state index is 12.2. The summed E-state index contributed by atoms with van der Waals surface area (Å²) in [5.74, 6) is -0.286. The first-order valence-corrected chi connectivity index (χ1v) is 8.56. The van der Waals surface area contributed by atoms with E-state index in [1.54, 1.807) is 24.3 Å². The highest BCUT2D eigenvalue weighted by molar-refractivity contribution is 6.30. The van der Waals surface area contributed by atoms with Crippen LogP contribution in [0, 0.1) is 6.92 Å². The zero-order chi connectivity index (χ0) is 18.5. The van der Waals surface area contributed by atoms with E-state index >= 15 is 0 Å². The summed E-state index contributed by atoms with van der Waals surface area (Å²) in [5.41, 5.74) is 2.89. The van der Waals surface area contributed by atoms with Gasteiger partial charge < -0.3 is 10.4 Å². The van der Waals surface area contributed by atoms with Crippen molar-refractivity contribution in [2.24, 2.45) is 0 Å². The molecule has 0 spiro atoms. The van der Waals surface area contributed by atoms with E-state index in [0.29, 0.717) is 11.6 Å². The first-order valence-electron chi connectivity index (χ1n) is 8.18. The fraction of sp³-hybridized carbons (Fsp3) is 0.211. The Kier molecular flexibility index (Phi) is 5.65. The third-order valence-corrected chi connectivity index (χ3v) is 4.18. The van der Waals surface area contributed by atoms with Gasteiger partial charge in [-0.2, -0.15) is 0 Å². The second kappa shape index (κ2) is 8.12. The normalized spacial score (nSPS) is 12.0. The molecule has 0 fully saturated rings. The van der Waals surface area contributed by atoms with Gasteiger partial charge in [-0.3, -0.25) is 4.79 Å². The van der Waals surface area contributed by atoms with Gasteiger partial charge in [-0.15, -0.1) is 5.10 Å². The van der Waals surface area contributed by atoms with E-state index in [1.807, 2.05) is 31.2 Å². The summed E-state index contributed by atoms with van der Waals surface area (Å²) in [6.07, 6.45) is 0.664. The number of aromatic nitrogens is 3. The fourth-order valence-electron chi connectivity index (χ4n) is 2.42. The fourth-order valence-corrected chi connectivity index (χ4v) is 2.55. The molecule has 0 aliphatic heterocycles. The molecule has 0 saturated heterocycles. The number of benzene rings is 2. The van der Waals surface area contributed by atoms with Crippen LogP contribution in [0.2, 0.25) is 5.02 Å². The molecule has 0 unspecified atom stereocenters. The molecule has 0 aliphatic carbocycles. The number of aliphatic hydroxyl groups excluding tert-OH is 1. The van der Waals surface area contributed by atoms with E-state index in [2.05, 4.69) is 15.4 Å². The number of hydrogen-bond acceptors (Lipinski definition) is 4. The summed E-state index contributed by atoms with van der Waals surface area (Å²) in [4.78, 5) is 16.2. The minimum absolute atomic E-state index is 0.0698. The predicted octanol–water partition coefficient (Wildman–Crippen LogP) is 2.90. The minimum atomic E-state index is -0.766. The highest BCUT2D eigenvalue weighted by Gasteiger charge is 2.14. The Morgan fingerprint density at radius 1 is 1.19 bits per heavy atom. The molecule has 1 amide bonds. The zero-order valence-electron chi connectivity index (χ0n) is 14.3. The Labute approximate surface area is 156 Å². The lowest BCUT2D eigenvalue weighted by molar-refractivity contribution is 0.0938. The molecule has 2 N–H and O–H groups in total. The number of hydrogen-bond donors (Lipinski definition) is 2. The van der Waals surface area contributed by atoms with E-state index in [9.17, 15) is 9.90 Å². The SMILES string of the molecule is Cc1ccc(CNC(=O)c2ncn(C[C@H](O)c3ccc(Cl)cc3)n2)cc1. The van der Waals surface area contributed by atoms with Gasteiger partial charge in [0.25, 0.3) is 5.91 Å². The zero-order valence-corrected chi connectivity index (χ0v) is 15.0. The van der Waals surface area contributed by atoms with Crippen LogP contribution >= 0.6 is 11.6 Å². The van der Waals surface area contributed by atoms with Gasteiger partial charge in [-0.25, -0.2) is 9.67 Å². The standard InChI is InChI=1S/C19H19ClN4O2/c1-13-2-4-14(5-3-13)10-21-19(26)18-22-12-24(23-18)11-17(25)15-6-8-16(20)9-7-15/h2-9,12,17,25H,10-11H2,1H3,(H,21,26)/t17-/m0/s1. The van der Waals surface area contributed by atoms with Crippen molar-refractivity contribution in [2.75, 3.05) is 0 Å². The minimum Gasteiger partial charge on any atom is -0.386 e. The molecule has 6 nitrogen and oxygen atoms in total. The lowest BCUT2D eigenvalue weighted by Gasteiger charge is -2.10. The lowest BCUT2D eigenvalue weighted by atomic mass is 10.1. The molecular formula is C19H19ClN4O2. The number of halogens is 1. The lowest BCUT2D eigenvalue weighted by Crippen LogP contribution is -2.24. The molecule has 0 bridgehead atoms. The molecule has 7 heteroatoms. The Morgan fingerprint density at radius 3 is 2.58 bits per heavy atom. The second-order valence-corrected chi connectivity index (χ2v) is 6.46. The van der Waals surface area contributed by atoms with Crippen LogP contribution in [0.4, 0.5) is 0 Å². The summed E-state index contributed by atoms with van der Waals surface area (Å²) in [6, 6.07) is 14.8. The van der Waals surface area contributed by atoms with Crippen LogP contribution in [0.25, 0.3) is 0 Å². The number of amides is 1. The third-order valence-electron chi connectivity index (χ3n) is 3.93. The van der Waals surface area contributed by atoms with Crippen LogP contribution in [-0.4, -0.2) is 25.8 Å². The van der Waals surface area contributed by atoms with Crippen LogP contribution < -0.4 is 5.32 Å². The van der Waals surface area contributed by atoms with Crippen molar-refractivity contribution in [3.05, 3.63) is 82.4 Å². The quantitative estimate of drug-likeness (QED) is 0.699. The Hall–Kier alpha value is -2.70. The first-order chi connectivity index (χ1) is 12.5. The van der Waals surface area contributed by atoms with Gasteiger partial charge in [0.05, 0.1) is 12.6 Å². The number of aryl methyl sites for hydroxylation is 1. The van der Waals surface area contributed by atoms with Crippen LogP contribution in [0.1, 0.15) is 33.4 Å². The van der Waals surface area contributed by atoms with E-state index < -0.39 is 6.10 Å². The molecule has 0 saturated carbocycles. The smallest absolute Gasteiger partial charge is 0.291 e. The monoisotopic (exact) mass is 370 g/mol. The van der Waals surface area contributed by atoms with E-state index in [-0.39, 0.29) is 18.3 Å². The Morgan fingerprint density at radius 2 is 1.88 bits per heavy atom. The van der Waals surface area contributed by atoms with Gasteiger partial charge in [0.1, 0.15) is 6.33 Å². The number of nitrogens with zero attached hydrogens (tertiary/aromatic N) is 3. The molecular weight excluding hydrogens is 352 g/mol. The molecule has 1 heterocycles. The topological polar surface area (TPSA) is 80.0 Å². The summed E-state index contributed by atoms with van der Waals surface area (Å²) >= 11 is 5.84. The first kappa shape index (κ1) is 18.1. The third kappa shape index (κ3) is 4.68. The van der Waals surface area contributed by atoms with Crippen LogP contribution in [0.5, 0.6) is 0 Å². The van der Waals surface area contributed by atoms with Crippen molar-refractivity contribution in [3.8, 4) is 0 Å². The van der Waals surface area contributed by atoms with Crippen molar-refractivity contribution >= 4 is 17.5 Å². The van der Waals surface area contributed by atoms with Crippen molar-refractivity contribution in [3.63, 3.8) is 0 Å². The Bertz CT molecular complexity index is 875. The van der Waals surface area contributed by atoms with Crippen LogP contribution in [-0.2, 0) is 13.1 Å². The molecule has 1 aromatic heterocycles. The summed E-state index contributed by atoms with van der Waals surface area (Å²) in [5, 5.41) is 17.8. The summed E-state index contributed by atoms with van der Waals surface area (Å²) in [7, 11) is 0. The maximum Gasteiger partial charge on any atom is 0.291 e. The average molecular weight is 371 g/mol. The summed E-state index contributed by atoms with van der Waals surface area (Å²) in [6.45, 7) is 2.61. The van der Waals surface area contributed by atoms with Gasteiger partial charge >= 0.3 is 0 Å². The second-order valence-electron chi connectivity index (χ2n) is 6.03. The molecule has 26 heavy (non-hydrogen) atoms. The molecule has 3 aromatic rings. The Balaban J connectivity index is 1.57. The molecule has 0 radical (unpaired) electrons. The van der Waals surface area contributed by atoms with Gasteiger partial charge in [-0.05, 0) is 30.2 Å². The average Bonchev–Trinajstić information content (AvgIpc) is 3.10. The van der Waals surface area contributed by atoms with Gasteiger partial charge in [-0.1, -0.05) is 53.6 Å². The highest BCUT2D eigenvalue weighted by Crippen LogP contribution is 2.17. The van der Waals surface area contributed by atoms with E-state index in [4.69, 9.17) is 11.6 Å². The van der Waals surface area contributed by atoms with Gasteiger partial charge in [0.2, 0.25) is 5.82 Å².